The van der Waals surface area contributed by atoms with Crippen LogP contribution in [0.3, 0.4) is 0 Å². The molecule has 2 aromatic rings. The maximum absolute atomic E-state index is 12.7. The minimum Gasteiger partial charge on any atom is -0.305 e. The summed E-state index contributed by atoms with van der Waals surface area (Å²) in [5, 5.41) is 6.93. The topological polar surface area (TPSA) is 61.9 Å². The van der Waals surface area contributed by atoms with Gasteiger partial charge in [0.25, 0.3) is 5.91 Å². The van der Waals surface area contributed by atoms with E-state index in [0.717, 1.165) is 17.9 Å². The van der Waals surface area contributed by atoms with E-state index in [-0.39, 0.29) is 17.6 Å². The van der Waals surface area contributed by atoms with Gasteiger partial charge in [0.1, 0.15) is 5.82 Å². The van der Waals surface area contributed by atoms with Crippen molar-refractivity contribution in [3.63, 3.8) is 0 Å². The Labute approximate surface area is 124 Å². The summed E-state index contributed by atoms with van der Waals surface area (Å²) in [6, 6.07) is 8.06. The fourth-order valence-corrected chi connectivity index (χ4v) is 2.74. The molecular formula is C16H20N4O. The van der Waals surface area contributed by atoms with Gasteiger partial charge in [-0.2, -0.15) is 0 Å². The highest BCUT2D eigenvalue weighted by molar-refractivity contribution is 6.04. The van der Waals surface area contributed by atoms with Crippen LogP contribution < -0.4 is 4.90 Å². The van der Waals surface area contributed by atoms with Crippen molar-refractivity contribution in [1.29, 1.82) is 0 Å². The number of anilines is 1. The number of nitrogens with zero attached hydrogens (tertiary/aromatic N) is 3. The number of aromatic nitrogens is 3. The summed E-state index contributed by atoms with van der Waals surface area (Å²) >= 11 is 0. The molecule has 110 valence electrons. The third-order valence-electron chi connectivity index (χ3n) is 3.83. The first-order valence-corrected chi connectivity index (χ1v) is 7.38. The van der Waals surface area contributed by atoms with E-state index in [4.69, 9.17) is 0 Å². The lowest BCUT2D eigenvalue weighted by Crippen LogP contribution is -2.39. The summed E-state index contributed by atoms with van der Waals surface area (Å²) in [5.74, 6) is 1.54. The van der Waals surface area contributed by atoms with Gasteiger partial charge in [-0.25, -0.2) is 4.98 Å². The van der Waals surface area contributed by atoms with E-state index in [9.17, 15) is 4.79 Å². The quantitative estimate of drug-likeness (QED) is 0.922. The van der Waals surface area contributed by atoms with Gasteiger partial charge in [0, 0.05) is 18.2 Å². The number of rotatable bonds is 2. The van der Waals surface area contributed by atoms with Crippen molar-refractivity contribution in [3.8, 4) is 0 Å². The smallest absolute Gasteiger partial charge is 0.297 e. The molecule has 21 heavy (non-hydrogen) atoms. The highest BCUT2D eigenvalue weighted by Crippen LogP contribution is 2.30. The molecule has 1 atom stereocenters. The molecule has 1 aliphatic heterocycles. The van der Waals surface area contributed by atoms with E-state index in [1.807, 2.05) is 32.0 Å². The number of hydrogen-bond donors (Lipinski definition) is 1. The largest absolute Gasteiger partial charge is 0.305 e. The van der Waals surface area contributed by atoms with Crippen LogP contribution in [0.5, 0.6) is 0 Å². The number of carbonyl (C=O) groups excluding carboxylic acids is 1. The maximum Gasteiger partial charge on any atom is 0.297 e. The van der Waals surface area contributed by atoms with Crippen molar-refractivity contribution in [1.82, 2.24) is 15.2 Å². The number of H-pyrrole nitrogens is 1. The van der Waals surface area contributed by atoms with Crippen molar-refractivity contribution in [2.24, 2.45) is 5.92 Å². The van der Waals surface area contributed by atoms with Gasteiger partial charge in [0.2, 0.25) is 5.82 Å². The molecule has 0 fully saturated rings. The van der Waals surface area contributed by atoms with Crippen LogP contribution in [0.1, 0.15) is 48.7 Å². The Balaban J connectivity index is 1.94. The number of para-hydroxylation sites is 1. The summed E-state index contributed by atoms with van der Waals surface area (Å²) < 4.78 is 0. The Hall–Kier alpha value is -2.17. The lowest BCUT2D eigenvalue weighted by atomic mass is 9.94. The highest BCUT2D eigenvalue weighted by Gasteiger charge is 2.29. The number of amides is 1. The average Bonchev–Trinajstić information content (AvgIpc) is 2.95. The van der Waals surface area contributed by atoms with E-state index < -0.39 is 0 Å². The molecule has 0 radical (unpaired) electrons. The van der Waals surface area contributed by atoms with E-state index in [2.05, 4.69) is 28.2 Å². The summed E-state index contributed by atoms with van der Waals surface area (Å²) in [6.45, 7) is 6.91. The molecule has 1 amide bonds. The number of aromatic amines is 1. The molecule has 0 saturated carbocycles. The Bertz CT molecular complexity index is 662. The van der Waals surface area contributed by atoms with Crippen LogP contribution in [0.25, 0.3) is 0 Å². The second kappa shape index (κ2) is 5.31. The Kier molecular flexibility index (Phi) is 3.49. The molecule has 1 aliphatic rings. The monoisotopic (exact) mass is 284 g/mol. The van der Waals surface area contributed by atoms with Crippen molar-refractivity contribution in [2.75, 3.05) is 11.4 Å². The van der Waals surface area contributed by atoms with Crippen LogP contribution in [0.2, 0.25) is 0 Å². The van der Waals surface area contributed by atoms with Crippen molar-refractivity contribution < 1.29 is 4.79 Å². The van der Waals surface area contributed by atoms with Crippen LogP contribution in [0.4, 0.5) is 5.69 Å². The Morgan fingerprint density at radius 3 is 2.86 bits per heavy atom. The number of carbonyl (C=O) groups is 1. The summed E-state index contributed by atoms with van der Waals surface area (Å²) in [7, 11) is 0. The fourth-order valence-electron chi connectivity index (χ4n) is 2.74. The van der Waals surface area contributed by atoms with Crippen molar-refractivity contribution in [3.05, 3.63) is 41.5 Å². The first-order chi connectivity index (χ1) is 10.1. The maximum atomic E-state index is 12.7. The molecule has 0 aliphatic carbocycles. The molecule has 0 saturated heterocycles. The van der Waals surface area contributed by atoms with Gasteiger partial charge in [-0.1, -0.05) is 39.0 Å². The SMILES string of the molecule is CC1Cc2ccccc2N(C(=O)c2n[nH]c(C(C)C)n2)C1. The first-order valence-electron chi connectivity index (χ1n) is 7.38. The van der Waals surface area contributed by atoms with Crippen molar-refractivity contribution >= 4 is 11.6 Å². The van der Waals surface area contributed by atoms with Gasteiger partial charge < -0.3 is 4.90 Å². The molecule has 5 heteroatoms. The highest BCUT2D eigenvalue weighted by atomic mass is 16.2. The second-order valence-electron chi connectivity index (χ2n) is 6.05. The zero-order valence-corrected chi connectivity index (χ0v) is 12.6. The molecule has 1 unspecified atom stereocenters. The second-order valence-corrected chi connectivity index (χ2v) is 6.05. The molecule has 1 aromatic carbocycles. The first kappa shape index (κ1) is 13.8. The average molecular weight is 284 g/mol. The van der Waals surface area contributed by atoms with E-state index >= 15 is 0 Å². The van der Waals surface area contributed by atoms with E-state index in [1.165, 1.54) is 5.56 Å². The number of benzene rings is 1. The van der Waals surface area contributed by atoms with Crippen LogP contribution in [0.15, 0.2) is 24.3 Å². The summed E-state index contributed by atoms with van der Waals surface area (Å²) in [4.78, 5) is 18.9. The van der Waals surface area contributed by atoms with Gasteiger partial charge in [0.05, 0.1) is 0 Å². The van der Waals surface area contributed by atoms with E-state index in [0.29, 0.717) is 12.5 Å². The number of hydrogen-bond acceptors (Lipinski definition) is 3. The molecule has 3 rings (SSSR count). The minimum atomic E-state index is -0.128. The fraction of sp³-hybridized carbons (Fsp3) is 0.438. The zero-order valence-electron chi connectivity index (χ0n) is 12.6. The lowest BCUT2D eigenvalue weighted by Gasteiger charge is -2.32. The predicted octanol–water partition coefficient (Wildman–Crippen LogP) is 2.77. The van der Waals surface area contributed by atoms with Gasteiger partial charge in [-0.15, -0.1) is 5.10 Å². The third kappa shape index (κ3) is 2.55. The molecule has 2 heterocycles. The minimum absolute atomic E-state index is 0.128. The lowest BCUT2D eigenvalue weighted by molar-refractivity contribution is 0.0971. The van der Waals surface area contributed by atoms with Gasteiger partial charge in [0.15, 0.2) is 0 Å². The molecule has 1 aromatic heterocycles. The molecule has 0 bridgehead atoms. The standard InChI is InChI=1S/C16H20N4O/c1-10(2)14-17-15(19-18-14)16(21)20-9-11(3)8-12-6-4-5-7-13(12)20/h4-7,10-11H,8-9H2,1-3H3,(H,17,18,19). The van der Waals surface area contributed by atoms with Crippen LogP contribution in [-0.4, -0.2) is 27.6 Å². The van der Waals surface area contributed by atoms with Crippen molar-refractivity contribution in [2.45, 2.75) is 33.1 Å². The Morgan fingerprint density at radius 2 is 2.14 bits per heavy atom. The van der Waals surface area contributed by atoms with Gasteiger partial charge >= 0.3 is 0 Å². The summed E-state index contributed by atoms with van der Waals surface area (Å²) in [6.07, 6.45) is 1.01. The molecule has 5 nitrogen and oxygen atoms in total. The third-order valence-corrected chi connectivity index (χ3v) is 3.83. The predicted molar refractivity (Wildman–Crippen MR) is 81.5 cm³/mol. The Morgan fingerprint density at radius 1 is 1.38 bits per heavy atom. The number of fused-ring (bicyclic) bond motifs is 1. The van der Waals surface area contributed by atoms with Crippen LogP contribution >= 0.6 is 0 Å². The van der Waals surface area contributed by atoms with Gasteiger partial charge in [-0.3, -0.25) is 9.89 Å². The van der Waals surface area contributed by atoms with Crippen LogP contribution in [0, 0.1) is 5.92 Å². The zero-order chi connectivity index (χ0) is 15.0. The molecular weight excluding hydrogens is 264 g/mol. The van der Waals surface area contributed by atoms with E-state index in [1.54, 1.807) is 4.90 Å². The molecule has 0 spiro atoms. The molecule has 1 N–H and O–H groups in total. The van der Waals surface area contributed by atoms with Crippen LogP contribution in [-0.2, 0) is 6.42 Å². The normalized spacial score (nSPS) is 17.9. The summed E-state index contributed by atoms with van der Waals surface area (Å²) in [5.41, 5.74) is 2.20. The van der Waals surface area contributed by atoms with Gasteiger partial charge in [-0.05, 0) is 24.0 Å². The number of nitrogens with one attached hydrogen (secondary N) is 1.